The number of carboxylic acids is 1. The maximum atomic E-state index is 12.3. The van der Waals surface area contributed by atoms with Gasteiger partial charge in [0.05, 0.1) is 10.5 Å². The number of nitrogens with one attached hydrogen (secondary N) is 2. The number of aryl methyl sites for hydroxylation is 2. The number of hydrogen-bond donors (Lipinski definition) is 3. The average Bonchev–Trinajstić information content (AvgIpc) is 2.70. The SMILES string of the molecule is Cc1ccc(S(=O)(=O)Nc2n[nH]c(C)c2C)cc1C(=O)O. The van der Waals surface area contributed by atoms with Gasteiger partial charge < -0.3 is 5.11 Å². The van der Waals surface area contributed by atoms with Crippen LogP contribution in [0.5, 0.6) is 0 Å². The third-order valence-electron chi connectivity index (χ3n) is 3.23. The fourth-order valence-corrected chi connectivity index (χ4v) is 2.86. The normalized spacial score (nSPS) is 11.4. The van der Waals surface area contributed by atoms with Crippen LogP contribution >= 0.6 is 0 Å². The lowest BCUT2D eigenvalue weighted by atomic mass is 10.1. The van der Waals surface area contributed by atoms with Crippen LogP contribution in [0.1, 0.15) is 27.2 Å². The van der Waals surface area contributed by atoms with Crippen molar-refractivity contribution >= 4 is 21.8 Å². The van der Waals surface area contributed by atoms with Crippen molar-refractivity contribution in [3.8, 4) is 0 Å². The molecule has 0 fully saturated rings. The number of aromatic carboxylic acids is 1. The lowest BCUT2D eigenvalue weighted by Gasteiger charge is -2.08. The number of H-pyrrole nitrogens is 1. The summed E-state index contributed by atoms with van der Waals surface area (Å²) in [4.78, 5) is 11.0. The molecule has 0 aliphatic carbocycles. The lowest BCUT2D eigenvalue weighted by molar-refractivity contribution is 0.0696. The molecule has 0 atom stereocenters. The van der Waals surface area contributed by atoms with Gasteiger partial charge in [-0.25, -0.2) is 13.2 Å². The molecule has 0 saturated heterocycles. The first-order valence-electron chi connectivity index (χ1n) is 6.10. The van der Waals surface area contributed by atoms with Crippen LogP contribution in [0.15, 0.2) is 23.1 Å². The summed E-state index contributed by atoms with van der Waals surface area (Å²) in [5.41, 5.74) is 1.88. The second-order valence-corrected chi connectivity index (χ2v) is 6.39. The van der Waals surface area contributed by atoms with Crippen LogP contribution in [0.25, 0.3) is 0 Å². The quantitative estimate of drug-likeness (QED) is 0.797. The Morgan fingerprint density at radius 3 is 2.48 bits per heavy atom. The van der Waals surface area contributed by atoms with E-state index in [4.69, 9.17) is 5.11 Å². The number of nitrogens with zero attached hydrogens (tertiary/aromatic N) is 1. The first-order chi connectivity index (χ1) is 9.72. The maximum absolute atomic E-state index is 12.3. The van der Waals surface area contributed by atoms with E-state index in [-0.39, 0.29) is 16.3 Å². The van der Waals surface area contributed by atoms with Gasteiger partial charge in [-0.15, -0.1) is 0 Å². The minimum atomic E-state index is -3.89. The molecule has 8 heteroatoms. The fourth-order valence-electron chi connectivity index (χ4n) is 1.77. The van der Waals surface area contributed by atoms with Crippen molar-refractivity contribution in [2.45, 2.75) is 25.7 Å². The summed E-state index contributed by atoms with van der Waals surface area (Å²) < 4.78 is 26.9. The first-order valence-corrected chi connectivity index (χ1v) is 7.59. The molecule has 0 saturated carbocycles. The minimum absolute atomic E-state index is 0.0483. The monoisotopic (exact) mass is 309 g/mol. The average molecular weight is 309 g/mol. The predicted molar refractivity (Wildman–Crippen MR) is 77.0 cm³/mol. The number of sulfonamides is 1. The number of aromatic nitrogens is 2. The van der Waals surface area contributed by atoms with Crippen LogP contribution in [0.3, 0.4) is 0 Å². The smallest absolute Gasteiger partial charge is 0.335 e. The number of anilines is 1. The van der Waals surface area contributed by atoms with E-state index >= 15 is 0 Å². The second kappa shape index (κ2) is 5.21. The van der Waals surface area contributed by atoms with Crippen LogP contribution in [-0.4, -0.2) is 29.7 Å². The molecule has 0 bridgehead atoms. The molecule has 112 valence electrons. The molecule has 7 nitrogen and oxygen atoms in total. The molecule has 0 aliphatic rings. The van der Waals surface area contributed by atoms with Gasteiger partial charge in [-0.1, -0.05) is 6.07 Å². The summed E-state index contributed by atoms with van der Waals surface area (Å²) in [5.74, 6) is -0.971. The number of carbonyl (C=O) groups is 1. The van der Waals surface area contributed by atoms with Crippen LogP contribution in [0.2, 0.25) is 0 Å². The van der Waals surface area contributed by atoms with E-state index in [0.717, 1.165) is 11.8 Å². The number of hydrogen-bond acceptors (Lipinski definition) is 4. The molecule has 1 aromatic heterocycles. The van der Waals surface area contributed by atoms with E-state index in [1.54, 1.807) is 20.8 Å². The van der Waals surface area contributed by atoms with Gasteiger partial charge in [0.2, 0.25) is 0 Å². The highest BCUT2D eigenvalue weighted by molar-refractivity contribution is 7.92. The van der Waals surface area contributed by atoms with Crippen LogP contribution in [0.4, 0.5) is 5.82 Å². The molecule has 1 aromatic carbocycles. The topological polar surface area (TPSA) is 112 Å². The fraction of sp³-hybridized carbons (Fsp3) is 0.231. The number of rotatable bonds is 4. The molecular weight excluding hydrogens is 294 g/mol. The Bertz CT molecular complexity index is 809. The van der Waals surface area contributed by atoms with Gasteiger partial charge in [-0.05, 0) is 38.5 Å². The molecule has 0 aliphatic heterocycles. The summed E-state index contributed by atoms with van der Waals surface area (Å²) in [7, 11) is -3.89. The van der Waals surface area contributed by atoms with Crippen molar-refractivity contribution in [3.63, 3.8) is 0 Å². The van der Waals surface area contributed by atoms with Gasteiger partial charge in [0.25, 0.3) is 10.0 Å². The Balaban J connectivity index is 2.43. The molecule has 0 amide bonds. The summed E-state index contributed by atoms with van der Waals surface area (Å²) in [6, 6.07) is 3.95. The van der Waals surface area contributed by atoms with E-state index in [9.17, 15) is 13.2 Å². The number of benzene rings is 1. The van der Waals surface area contributed by atoms with Crippen LogP contribution < -0.4 is 4.72 Å². The Hall–Kier alpha value is -2.35. The van der Waals surface area contributed by atoms with Gasteiger partial charge in [-0.3, -0.25) is 9.82 Å². The number of aromatic amines is 1. The van der Waals surface area contributed by atoms with E-state index < -0.39 is 16.0 Å². The van der Waals surface area contributed by atoms with Gasteiger partial charge >= 0.3 is 5.97 Å². The highest BCUT2D eigenvalue weighted by Crippen LogP contribution is 2.21. The molecule has 0 spiro atoms. The summed E-state index contributed by atoms with van der Waals surface area (Å²) in [6.45, 7) is 5.11. The molecule has 1 heterocycles. The van der Waals surface area contributed by atoms with E-state index in [2.05, 4.69) is 14.9 Å². The van der Waals surface area contributed by atoms with Crippen molar-refractivity contribution < 1.29 is 18.3 Å². The minimum Gasteiger partial charge on any atom is -0.478 e. The molecule has 0 unspecified atom stereocenters. The summed E-state index contributed by atoms with van der Waals surface area (Å²) in [6.07, 6.45) is 0. The third-order valence-corrected chi connectivity index (χ3v) is 4.57. The van der Waals surface area contributed by atoms with Crippen molar-refractivity contribution in [2.24, 2.45) is 0 Å². The van der Waals surface area contributed by atoms with E-state index in [0.29, 0.717) is 11.1 Å². The standard InChI is InChI=1S/C13H15N3O4S/c1-7-4-5-10(6-11(7)13(17)18)21(19,20)16-12-8(2)9(3)14-15-12/h4-6H,1-3H3,(H,17,18)(H2,14,15,16). The maximum Gasteiger partial charge on any atom is 0.335 e. The predicted octanol–water partition coefficient (Wildman–Crippen LogP) is 1.83. The van der Waals surface area contributed by atoms with Gasteiger partial charge in [0.15, 0.2) is 5.82 Å². The van der Waals surface area contributed by atoms with Gasteiger partial charge in [0, 0.05) is 11.3 Å². The van der Waals surface area contributed by atoms with Crippen molar-refractivity contribution in [3.05, 3.63) is 40.6 Å². The first kappa shape index (κ1) is 15.0. The second-order valence-electron chi connectivity index (χ2n) is 4.71. The zero-order chi connectivity index (χ0) is 15.8. The van der Waals surface area contributed by atoms with Crippen molar-refractivity contribution in [1.82, 2.24) is 10.2 Å². The molecule has 2 aromatic rings. The van der Waals surface area contributed by atoms with Gasteiger partial charge in [-0.2, -0.15) is 5.10 Å². The molecule has 2 rings (SSSR count). The molecule has 0 radical (unpaired) electrons. The highest BCUT2D eigenvalue weighted by atomic mass is 32.2. The number of carboxylic acid groups (broad SMARTS) is 1. The third kappa shape index (κ3) is 2.89. The van der Waals surface area contributed by atoms with Crippen LogP contribution in [-0.2, 0) is 10.0 Å². The summed E-state index contributed by atoms with van der Waals surface area (Å²) in [5, 5.41) is 15.6. The zero-order valence-corrected chi connectivity index (χ0v) is 12.6. The lowest BCUT2D eigenvalue weighted by Crippen LogP contribution is -2.15. The Labute approximate surface area is 122 Å². The largest absolute Gasteiger partial charge is 0.478 e. The van der Waals surface area contributed by atoms with Gasteiger partial charge in [0.1, 0.15) is 0 Å². The molecular formula is C13H15N3O4S. The molecule has 21 heavy (non-hydrogen) atoms. The summed E-state index contributed by atoms with van der Waals surface area (Å²) >= 11 is 0. The van der Waals surface area contributed by atoms with Crippen molar-refractivity contribution in [1.29, 1.82) is 0 Å². The van der Waals surface area contributed by atoms with E-state index in [1.807, 2.05) is 0 Å². The highest BCUT2D eigenvalue weighted by Gasteiger charge is 2.20. The Morgan fingerprint density at radius 2 is 1.95 bits per heavy atom. The Morgan fingerprint density at radius 1 is 1.29 bits per heavy atom. The van der Waals surface area contributed by atoms with Crippen molar-refractivity contribution in [2.75, 3.05) is 4.72 Å². The zero-order valence-electron chi connectivity index (χ0n) is 11.8. The molecule has 3 N–H and O–H groups in total. The van der Waals surface area contributed by atoms with Crippen LogP contribution in [0, 0.1) is 20.8 Å². The van der Waals surface area contributed by atoms with E-state index in [1.165, 1.54) is 12.1 Å². The Kier molecular flexibility index (Phi) is 3.73.